The molecule has 0 aromatic carbocycles. The summed E-state index contributed by atoms with van der Waals surface area (Å²) in [6.07, 6.45) is 3.24. The monoisotopic (exact) mass is 184 g/mol. The topological polar surface area (TPSA) is 61.7 Å². The number of nitrogens with zero attached hydrogens (tertiary/aromatic N) is 1. The number of carbonyl (C=O) groups excluding carboxylic acids is 1. The van der Waals surface area contributed by atoms with E-state index < -0.39 is 0 Å². The molecule has 4 heteroatoms. The SMILES string of the molecule is CCCC(O)CC1=NNC(=O)CC1. The van der Waals surface area contributed by atoms with Crippen LogP contribution in [0.25, 0.3) is 0 Å². The third kappa shape index (κ3) is 3.55. The first kappa shape index (κ1) is 10.2. The maximum Gasteiger partial charge on any atom is 0.240 e. The van der Waals surface area contributed by atoms with Crippen molar-refractivity contribution < 1.29 is 9.90 Å². The fourth-order valence-corrected chi connectivity index (χ4v) is 1.37. The minimum absolute atomic E-state index is 0.0336. The molecule has 0 aliphatic carbocycles. The molecule has 0 aromatic heterocycles. The Labute approximate surface area is 78.0 Å². The number of carbonyl (C=O) groups is 1. The Morgan fingerprint density at radius 3 is 2.92 bits per heavy atom. The van der Waals surface area contributed by atoms with Crippen LogP contribution in [0.3, 0.4) is 0 Å². The zero-order valence-corrected chi connectivity index (χ0v) is 7.92. The van der Waals surface area contributed by atoms with Crippen LogP contribution in [0, 0.1) is 0 Å². The molecule has 0 radical (unpaired) electrons. The van der Waals surface area contributed by atoms with Crippen molar-refractivity contribution in [3.63, 3.8) is 0 Å². The summed E-state index contributed by atoms with van der Waals surface area (Å²) in [5.41, 5.74) is 3.32. The number of hydrazone groups is 1. The molecule has 0 spiro atoms. The number of hydrogen-bond acceptors (Lipinski definition) is 3. The standard InChI is InChI=1S/C9H16N2O2/c1-2-3-8(12)6-7-4-5-9(13)11-10-7/h8,12H,2-6H2,1H3,(H,11,13). The summed E-state index contributed by atoms with van der Waals surface area (Å²) < 4.78 is 0. The first-order chi connectivity index (χ1) is 6.22. The van der Waals surface area contributed by atoms with Crippen LogP contribution in [0.1, 0.15) is 39.0 Å². The van der Waals surface area contributed by atoms with Gasteiger partial charge in [0.2, 0.25) is 5.91 Å². The predicted molar refractivity (Wildman–Crippen MR) is 50.3 cm³/mol. The van der Waals surface area contributed by atoms with Gasteiger partial charge in [0, 0.05) is 18.6 Å². The second-order valence-electron chi connectivity index (χ2n) is 3.36. The van der Waals surface area contributed by atoms with Gasteiger partial charge < -0.3 is 5.11 Å². The second-order valence-corrected chi connectivity index (χ2v) is 3.36. The largest absolute Gasteiger partial charge is 0.393 e. The van der Waals surface area contributed by atoms with Crippen molar-refractivity contribution in [2.75, 3.05) is 0 Å². The Hall–Kier alpha value is -0.900. The smallest absolute Gasteiger partial charge is 0.240 e. The lowest BCUT2D eigenvalue weighted by Gasteiger charge is -2.14. The Kier molecular flexibility index (Phi) is 3.89. The normalized spacial score (nSPS) is 19.2. The van der Waals surface area contributed by atoms with Crippen LogP contribution in [0.15, 0.2) is 5.10 Å². The van der Waals surface area contributed by atoms with E-state index in [0.29, 0.717) is 19.3 Å². The third-order valence-corrected chi connectivity index (χ3v) is 2.07. The molecule has 4 nitrogen and oxygen atoms in total. The summed E-state index contributed by atoms with van der Waals surface area (Å²) in [7, 11) is 0. The fourth-order valence-electron chi connectivity index (χ4n) is 1.37. The van der Waals surface area contributed by atoms with E-state index in [1.807, 2.05) is 6.92 Å². The van der Waals surface area contributed by atoms with Crippen molar-refractivity contribution >= 4 is 11.6 Å². The van der Waals surface area contributed by atoms with Crippen molar-refractivity contribution in [3.05, 3.63) is 0 Å². The summed E-state index contributed by atoms with van der Waals surface area (Å²) in [5, 5.41) is 13.4. The molecule has 1 aliphatic rings. The van der Waals surface area contributed by atoms with Gasteiger partial charge in [0.15, 0.2) is 0 Å². The molecule has 1 aliphatic heterocycles. The van der Waals surface area contributed by atoms with Crippen LogP contribution in [0.4, 0.5) is 0 Å². The van der Waals surface area contributed by atoms with E-state index in [0.717, 1.165) is 18.6 Å². The van der Waals surface area contributed by atoms with E-state index >= 15 is 0 Å². The first-order valence-corrected chi connectivity index (χ1v) is 4.74. The third-order valence-electron chi connectivity index (χ3n) is 2.07. The Balaban J connectivity index is 2.32. The lowest BCUT2D eigenvalue weighted by molar-refractivity contribution is -0.121. The highest BCUT2D eigenvalue weighted by molar-refractivity contribution is 5.92. The van der Waals surface area contributed by atoms with Gasteiger partial charge in [-0.2, -0.15) is 5.10 Å². The molecule has 0 fully saturated rings. The zero-order valence-electron chi connectivity index (χ0n) is 7.92. The first-order valence-electron chi connectivity index (χ1n) is 4.74. The van der Waals surface area contributed by atoms with Gasteiger partial charge >= 0.3 is 0 Å². The number of amides is 1. The molecule has 1 heterocycles. The van der Waals surface area contributed by atoms with E-state index in [9.17, 15) is 9.90 Å². The van der Waals surface area contributed by atoms with Gasteiger partial charge in [0.05, 0.1) is 6.10 Å². The lowest BCUT2D eigenvalue weighted by atomic mass is 10.0. The van der Waals surface area contributed by atoms with Crippen molar-refractivity contribution in [3.8, 4) is 0 Å². The van der Waals surface area contributed by atoms with Crippen LogP contribution in [0.2, 0.25) is 0 Å². The maximum atomic E-state index is 10.7. The molecule has 13 heavy (non-hydrogen) atoms. The van der Waals surface area contributed by atoms with Crippen LogP contribution in [-0.4, -0.2) is 22.8 Å². The Morgan fingerprint density at radius 1 is 1.62 bits per heavy atom. The van der Waals surface area contributed by atoms with Gasteiger partial charge in [0.25, 0.3) is 0 Å². The van der Waals surface area contributed by atoms with Gasteiger partial charge in [0.1, 0.15) is 0 Å². The lowest BCUT2D eigenvalue weighted by Crippen LogP contribution is -2.27. The summed E-state index contributed by atoms with van der Waals surface area (Å²) in [6.45, 7) is 2.04. The summed E-state index contributed by atoms with van der Waals surface area (Å²) in [6, 6.07) is 0. The van der Waals surface area contributed by atoms with Crippen molar-refractivity contribution in [1.82, 2.24) is 5.43 Å². The molecule has 1 amide bonds. The minimum Gasteiger partial charge on any atom is -0.393 e. The molecule has 1 rings (SSSR count). The molecule has 0 bridgehead atoms. The quantitative estimate of drug-likeness (QED) is 0.679. The predicted octanol–water partition coefficient (Wildman–Crippen LogP) is 0.803. The van der Waals surface area contributed by atoms with Crippen molar-refractivity contribution in [2.45, 2.75) is 45.1 Å². The minimum atomic E-state index is -0.307. The van der Waals surface area contributed by atoms with Crippen molar-refractivity contribution in [2.24, 2.45) is 5.10 Å². The van der Waals surface area contributed by atoms with Gasteiger partial charge in [-0.05, 0) is 12.8 Å². The van der Waals surface area contributed by atoms with E-state index in [-0.39, 0.29) is 12.0 Å². The highest BCUT2D eigenvalue weighted by Gasteiger charge is 2.14. The van der Waals surface area contributed by atoms with Crippen LogP contribution in [-0.2, 0) is 4.79 Å². The molecule has 0 saturated heterocycles. The van der Waals surface area contributed by atoms with Crippen LogP contribution < -0.4 is 5.43 Å². The number of nitrogens with one attached hydrogen (secondary N) is 1. The van der Waals surface area contributed by atoms with E-state index in [1.165, 1.54) is 0 Å². The summed E-state index contributed by atoms with van der Waals surface area (Å²) in [5.74, 6) is -0.0336. The maximum absolute atomic E-state index is 10.7. The van der Waals surface area contributed by atoms with Gasteiger partial charge in [-0.1, -0.05) is 13.3 Å². The number of rotatable bonds is 4. The average molecular weight is 184 g/mol. The molecule has 0 aromatic rings. The average Bonchev–Trinajstić information content (AvgIpc) is 2.09. The summed E-state index contributed by atoms with van der Waals surface area (Å²) >= 11 is 0. The Morgan fingerprint density at radius 2 is 2.38 bits per heavy atom. The molecule has 1 unspecified atom stereocenters. The number of aliphatic hydroxyl groups excluding tert-OH is 1. The molecule has 0 saturated carbocycles. The highest BCUT2D eigenvalue weighted by atomic mass is 16.3. The zero-order chi connectivity index (χ0) is 9.68. The van der Waals surface area contributed by atoms with Crippen LogP contribution in [0.5, 0.6) is 0 Å². The number of aliphatic hydroxyl groups is 1. The van der Waals surface area contributed by atoms with Gasteiger partial charge in [-0.25, -0.2) is 5.43 Å². The van der Waals surface area contributed by atoms with E-state index in [2.05, 4.69) is 10.5 Å². The molecule has 2 N–H and O–H groups in total. The van der Waals surface area contributed by atoms with Gasteiger partial charge in [-0.15, -0.1) is 0 Å². The highest BCUT2D eigenvalue weighted by Crippen LogP contribution is 2.08. The molecule has 74 valence electrons. The van der Waals surface area contributed by atoms with Crippen LogP contribution >= 0.6 is 0 Å². The molecule has 1 atom stereocenters. The molecular weight excluding hydrogens is 168 g/mol. The fraction of sp³-hybridized carbons (Fsp3) is 0.778. The second kappa shape index (κ2) is 4.97. The molecular formula is C9H16N2O2. The number of hydrogen-bond donors (Lipinski definition) is 2. The van der Waals surface area contributed by atoms with E-state index in [1.54, 1.807) is 0 Å². The van der Waals surface area contributed by atoms with E-state index in [4.69, 9.17) is 0 Å². The van der Waals surface area contributed by atoms with Crippen molar-refractivity contribution in [1.29, 1.82) is 0 Å². The Bertz CT molecular complexity index is 214. The summed E-state index contributed by atoms with van der Waals surface area (Å²) in [4.78, 5) is 10.7. The van der Waals surface area contributed by atoms with Gasteiger partial charge in [-0.3, -0.25) is 4.79 Å².